The van der Waals surface area contributed by atoms with E-state index in [-0.39, 0.29) is 6.42 Å². The molecule has 0 aliphatic rings. The predicted molar refractivity (Wildman–Crippen MR) is 64.8 cm³/mol. The molecule has 1 aromatic heterocycles. The molecule has 1 aromatic carbocycles. The zero-order valence-electron chi connectivity index (χ0n) is 9.84. The lowest BCUT2D eigenvalue weighted by Crippen LogP contribution is -2.23. The zero-order valence-corrected chi connectivity index (χ0v) is 9.84. The van der Waals surface area contributed by atoms with E-state index < -0.39 is 11.4 Å². The highest BCUT2D eigenvalue weighted by Crippen LogP contribution is 2.25. The van der Waals surface area contributed by atoms with Crippen molar-refractivity contribution in [2.75, 3.05) is 0 Å². The van der Waals surface area contributed by atoms with Gasteiger partial charge < -0.3 is 5.11 Å². The van der Waals surface area contributed by atoms with Crippen molar-refractivity contribution in [2.45, 2.75) is 25.7 Å². The van der Waals surface area contributed by atoms with Crippen LogP contribution in [0.15, 0.2) is 30.5 Å². The molecule has 1 N–H and O–H groups in total. The molecule has 88 valence electrons. The zero-order chi connectivity index (χ0) is 12.5. The Morgan fingerprint density at radius 3 is 2.59 bits per heavy atom. The maximum absolute atomic E-state index is 10.8. The molecule has 0 saturated heterocycles. The quantitative estimate of drug-likeness (QED) is 0.879. The molecule has 0 saturated carbocycles. The van der Waals surface area contributed by atoms with Gasteiger partial charge in [-0.3, -0.25) is 9.78 Å². The third kappa shape index (κ3) is 2.41. The van der Waals surface area contributed by atoms with Gasteiger partial charge in [-0.2, -0.15) is 0 Å². The number of hydrogen-bond donors (Lipinski definition) is 1. The second-order valence-electron chi connectivity index (χ2n) is 4.70. The minimum Gasteiger partial charge on any atom is -0.481 e. The lowest BCUT2D eigenvalue weighted by Gasteiger charge is -2.21. The Balaban J connectivity index is 2.45. The summed E-state index contributed by atoms with van der Waals surface area (Å²) in [5, 5.41) is 8.88. The number of carboxylic acid groups (broad SMARTS) is 1. The Morgan fingerprint density at radius 1 is 1.29 bits per heavy atom. The summed E-state index contributed by atoms with van der Waals surface area (Å²) in [5.41, 5.74) is 1.81. The Morgan fingerprint density at radius 2 is 1.94 bits per heavy atom. The summed E-state index contributed by atoms with van der Waals surface area (Å²) in [7, 11) is 0. The van der Waals surface area contributed by atoms with Gasteiger partial charge in [-0.25, -0.2) is 4.98 Å². The SMILES string of the molecule is CC(C)(CC(=O)O)c1cnc2ccccc2n1. The number of carbonyl (C=O) groups is 1. The molecule has 2 aromatic rings. The largest absolute Gasteiger partial charge is 0.481 e. The molecule has 0 spiro atoms. The van der Waals surface area contributed by atoms with Crippen LogP contribution in [-0.2, 0) is 10.2 Å². The van der Waals surface area contributed by atoms with Crippen molar-refractivity contribution in [3.05, 3.63) is 36.2 Å². The topological polar surface area (TPSA) is 63.1 Å². The van der Waals surface area contributed by atoms with Gasteiger partial charge in [0.15, 0.2) is 0 Å². The van der Waals surface area contributed by atoms with Gasteiger partial charge in [0, 0.05) is 11.6 Å². The Hall–Kier alpha value is -1.97. The van der Waals surface area contributed by atoms with Crippen LogP contribution >= 0.6 is 0 Å². The van der Waals surface area contributed by atoms with Crippen LogP contribution in [0, 0.1) is 0 Å². The van der Waals surface area contributed by atoms with E-state index >= 15 is 0 Å². The first kappa shape index (κ1) is 11.5. The van der Waals surface area contributed by atoms with Gasteiger partial charge in [-0.1, -0.05) is 26.0 Å². The second kappa shape index (κ2) is 4.13. The molecule has 0 atom stereocenters. The maximum Gasteiger partial charge on any atom is 0.304 e. The van der Waals surface area contributed by atoms with Gasteiger partial charge in [0.05, 0.1) is 23.1 Å². The minimum atomic E-state index is -0.829. The molecule has 0 bridgehead atoms. The highest BCUT2D eigenvalue weighted by atomic mass is 16.4. The summed E-state index contributed by atoms with van der Waals surface area (Å²) in [5.74, 6) is -0.829. The summed E-state index contributed by atoms with van der Waals surface area (Å²) < 4.78 is 0. The average molecular weight is 230 g/mol. The van der Waals surface area contributed by atoms with Crippen LogP contribution in [0.25, 0.3) is 11.0 Å². The van der Waals surface area contributed by atoms with Crippen LogP contribution in [-0.4, -0.2) is 21.0 Å². The second-order valence-corrected chi connectivity index (χ2v) is 4.70. The van der Waals surface area contributed by atoms with Crippen LogP contribution in [0.3, 0.4) is 0 Å². The Bertz CT molecular complexity index is 564. The number of nitrogens with zero attached hydrogens (tertiary/aromatic N) is 2. The first-order valence-corrected chi connectivity index (χ1v) is 5.43. The summed E-state index contributed by atoms with van der Waals surface area (Å²) in [6, 6.07) is 7.56. The third-order valence-corrected chi connectivity index (χ3v) is 2.74. The monoisotopic (exact) mass is 230 g/mol. The molecule has 17 heavy (non-hydrogen) atoms. The van der Waals surface area contributed by atoms with Crippen molar-refractivity contribution in [3.63, 3.8) is 0 Å². The van der Waals surface area contributed by atoms with E-state index in [0.29, 0.717) is 5.69 Å². The molecule has 2 rings (SSSR count). The number of fused-ring (bicyclic) bond motifs is 1. The highest BCUT2D eigenvalue weighted by molar-refractivity contribution is 5.74. The standard InChI is InChI=1S/C13H14N2O2/c1-13(2,7-12(16)17)11-8-14-9-5-3-4-6-10(9)15-11/h3-6,8H,7H2,1-2H3,(H,16,17). The fraction of sp³-hybridized carbons (Fsp3) is 0.308. The van der Waals surface area contributed by atoms with Gasteiger partial charge in [0.25, 0.3) is 0 Å². The van der Waals surface area contributed by atoms with Gasteiger partial charge >= 0.3 is 5.97 Å². The molecule has 0 unspecified atom stereocenters. The van der Waals surface area contributed by atoms with Crippen LogP contribution in [0.1, 0.15) is 26.0 Å². The maximum atomic E-state index is 10.8. The third-order valence-electron chi connectivity index (χ3n) is 2.74. The summed E-state index contributed by atoms with van der Waals surface area (Å²) in [6.45, 7) is 3.72. The molecule has 4 heteroatoms. The number of hydrogen-bond acceptors (Lipinski definition) is 3. The molecular formula is C13H14N2O2. The van der Waals surface area contributed by atoms with E-state index in [9.17, 15) is 4.79 Å². The van der Waals surface area contributed by atoms with E-state index in [1.807, 2.05) is 38.1 Å². The molecule has 0 amide bonds. The first-order chi connectivity index (χ1) is 7.99. The van der Waals surface area contributed by atoms with E-state index in [2.05, 4.69) is 9.97 Å². The van der Waals surface area contributed by atoms with E-state index in [1.54, 1.807) is 6.20 Å². The fourth-order valence-corrected chi connectivity index (χ4v) is 1.75. The molecule has 0 aliphatic carbocycles. The summed E-state index contributed by atoms with van der Waals surface area (Å²) in [4.78, 5) is 19.6. The average Bonchev–Trinajstić information content (AvgIpc) is 2.26. The van der Waals surface area contributed by atoms with Gasteiger partial charge in [-0.15, -0.1) is 0 Å². The Kier molecular flexibility index (Phi) is 2.79. The first-order valence-electron chi connectivity index (χ1n) is 5.43. The number of benzene rings is 1. The number of para-hydroxylation sites is 2. The number of carboxylic acids is 1. The highest BCUT2D eigenvalue weighted by Gasteiger charge is 2.26. The number of rotatable bonds is 3. The van der Waals surface area contributed by atoms with Gasteiger partial charge in [0.1, 0.15) is 0 Å². The van der Waals surface area contributed by atoms with Crippen LogP contribution in [0.5, 0.6) is 0 Å². The predicted octanol–water partition coefficient (Wildman–Crippen LogP) is 2.38. The molecule has 0 fully saturated rings. The normalized spacial score (nSPS) is 11.6. The van der Waals surface area contributed by atoms with Crippen LogP contribution in [0.2, 0.25) is 0 Å². The van der Waals surface area contributed by atoms with Crippen molar-refractivity contribution < 1.29 is 9.90 Å². The number of aliphatic carboxylic acids is 1. The molecule has 0 radical (unpaired) electrons. The molecule has 0 aliphatic heterocycles. The van der Waals surface area contributed by atoms with Crippen molar-refractivity contribution in [2.24, 2.45) is 0 Å². The lowest BCUT2D eigenvalue weighted by molar-refractivity contribution is -0.138. The smallest absolute Gasteiger partial charge is 0.304 e. The van der Waals surface area contributed by atoms with Crippen molar-refractivity contribution in [3.8, 4) is 0 Å². The minimum absolute atomic E-state index is 0.0417. The van der Waals surface area contributed by atoms with Gasteiger partial charge in [-0.05, 0) is 12.1 Å². The van der Waals surface area contributed by atoms with E-state index in [0.717, 1.165) is 11.0 Å². The van der Waals surface area contributed by atoms with Gasteiger partial charge in [0.2, 0.25) is 0 Å². The van der Waals surface area contributed by atoms with Crippen LogP contribution in [0.4, 0.5) is 0 Å². The van der Waals surface area contributed by atoms with Crippen molar-refractivity contribution >= 4 is 17.0 Å². The Labute approximate surface area is 99.3 Å². The lowest BCUT2D eigenvalue weighted by atomic mass is 9.86. The number of aromatic nitrogens is 2. The summed E-state index contributed by atoms with van der Waals surface area (Å²) >= 11 is 0. The molecule has 1 heterocycles. The molecular weight excluding hydrogens is 216 g/mol. The summed E-state index contributed by atoms with van der Waals surface area (Å²) in [6.07, 6.45) is 1.70. The van der Waals surface area contributed by atoms with E-state index in [1.165, 1.54) is 0 Å². The fourth-order valence-electron chi connectivity index (χ4n) is 1.75. The van der Waals surface area contributed by atoms with Crippen LogP contribution < -0.4 is 0 Å². The molecule has 4 nitrogen and oxygen atoms in total. The van der Waals surface area contributed by atoms with Crippen molar-refractivity contribution in [1.29, 1.82) is 0 Å². The van der Waals surface area contributed by atoms with Crippen molar-refractivity contribution in [1.82, 2.24) is 9.97 Å². The van der Waals surface area contributed by atoms with E-state index in [4.69, 9.17) is 5.11 Å².